The SMILES string of the molecule is Cc1ccc(NS(=O)(=O)c2cnc(Cl)c(Br)c2)cc1O[C@@H]1CCN(C)C1. The van der Waals surface area contributed by atoms with Gasteiger partial charge in [0.1, 0.15) is 21.9 Å². The molecule has 6 nitrogen and oxygen atoms in total. The van der Waals surface area contributed by atoms with Crippen LogP contribution in [0.15, 0.2) is 39.8 Å². The molecule has 3 rings (SSSR count). The van der Waals surface area contributed by atoms with E-state index >= 15 is 0 Å². The summed E-state index contributed by atoms with van der Waals surface area (Å²) in [6.45, 7) is 3.79. The van der Waals surface area contributed by atoms with Gasteiger partial charge in [-0.2, -0.15) is 0 Å². The Bertz CT molecular complexity index is 923. The molecule has 1 aromatic heterocycles. The summed E-state index contributed by atoms with van der Waals surface area (Å²) in [5.41, 5.74) is 1.39. The fourth-order valence-electron chi connectivity index (χ4n) is 2.73. The standard InChI is InChI=1S/C17H19BrClN3O3S/c1-11-3-4-12(7-16(11)25-13-5-6-22(2)10-13)21-26(23,24)14-8-15(18)17(19)20-9-14/h3-4,7-9,13,21H,5-6,10H2,1-2H3/t13-/m1/s1. The second kappa shape index (κ2) is 7.72. The molecule has 1 saturated heterocycles. The lowest BCUT2D eigenvalue weighted by Gasteiger charge is -2.17. The maximum Gasteiger partial charge on any atom is 0.263 e. The zero-order valence-electron chi connectivity index (χ0n) is 14.4. The first-order chi connectivity index (χ1) is 12.2. The summed E-state index contributed by atoms with van der Waals surface area (Å²) in [4.78, 5) is 6.09. The van der Waals surface area contributed by atoms with Crippen molar-refractivity contribution in [1.29, 1.82) is 0 Å². The molecule has 0 unspecified atom stereocenters. The van der Waals surface area contributed by atoms with Gasteiger partial charge in [-0.05, 0) is 54.0 Å². The van der Waals surface area contributed by atoms with Crippen LogP contribution in [0.1, 0.15) is 12.0 Å². The van der Waals surface area contributed by atoms with E-state index in [2.05, 4.69) is 37.6 Å². The lowest BCUT2D eigenvalue weighted by Crippen LogP contribution is -2.21. The number of nitrogens with zero attached hydrogens (tertiary/aromatic N) is 2. The normalized spacial score (nSPS) is 18.1. The number of likely N-dealkylation sites (N-methyl/N-ethyl adjacent to an activating group) is 1. The van der Waals surface area contributed by atoms with Crippen LogP contribution in [0.3, 0.4) is 0 Å². The van der Waals surface area contributed by atoms with Crippen LogP contribution in [0.5, 0.6) is 5.75 Å². The Kier molecular flexibility index (Phi) is 5.76. The number of aryl methyl sites for hydroxylation is 1. The van der Waals surface area contributed by atoms with Crippen molar-refractivity contribution in [2.45, 2.75) is 24.3 Å². The summed E-state index contributed by atoms with van der Waals surface area (Å²) in [5.74, 6) is 0.681. The van der Waals surface area contributed by atoms with Crippen molar-refractivity contribution >= 4 is 43.2 Å². The lowest BCUT2D eigenvalue weighted by molar-refractivity contribution is 0.207. The van der Waals surface area contributed by atoms with E-state index in [9.17, 15) is 8.42 Å². The Morgan fingerprint density at radius 1 is 1.38 bits per heavy atom. The molecule has 140 valence electrons. The molecule has 0 bridgehead atoms. The second-order valence-corrected chi connectivity index (χ2v) is 9.21. The fourth-order valence-corrected chi connectivity index (χ4v) is 4.35. The molecule has 1 aromatic carbocycles. The van der Waals surface area contributed by atoms with E-state index < -0.39 is 10.0 Å². The van der Waals surface area contributed by atoms with Gasteiger partial charge in [0.25, 0.3) is 10.0 Å². The molecule has 2 heterocycles. The Labute approximate surface area is 166 Å². The van der Waals surface area contributed by atoms with Crippen LogP contribution in [-0.4, -0.2) is 44.5 Å². The molecule has 0 amide bonds. The van der Waals surface area contributed by atoms with Crippen molar-refractivity contribution in [3.05, 3.63) is 45.7 Å². The zero-order chi connectivity index (χ0) is 18.9. The highest BCUT2D eigenvalue weighted by molar-refractivity contribution is 9.10. The minimum absolute atomic E-state index is 0.0224. The molecule has 26 heavy (non-hydrogen) atoms. The van der Waals surface area contributed by atoms with Crippen molar-refractivity contribution in [3.8, 4) is 5.75 Å². The Morgan fingerprint density at radius 2 is 2.15 bits per heavy atom. The number of nitrogens with one attached hydrogen (secondary N) is 1. The van der Waals surface area contributed by atoms with E-state index in [1.807, 2.05) is 13.0 Å². The van der Waals surface area contributed by atoms with Gasteiger partial charge in [0, 0.05) is 25.4 Å². The molecule has 1 atom stereocenters. The van der Waals surface area contributed by atoms with Gasteiger partial charge in [0.15, 0.2) is 0 Å². The number of rotatable bonds is 5. The predicted octanol–water partition coefficient (Wildman–Crippen LogP) is 3.69. The summed E-state index contributed by atoms with van der Waals surface area (Å²) < 4.78 is 34.2. The molecule has 2 aromatic rings. The van der Waals surface area contributed by atoms with Crippen LogP contribution < -0.4 is 9.46 Å². The van der Waals surface area contributed by atoms with Crippen molar-refractivity contribution in [3.63, 3.8) is 0 Å². The number of anilines is 1. The highest BCUT2D eigenvalue weighted by Crippen LogP contribution is 2.28. The van der Waals surface area contributed by atoms with Gasteiger partial charge in [0.05, 0.1) is 10.2 Å². The van der Waals surface area contributed by atoms with Crippen LogP contribution in [0.25, 0.3) is 0 Å². The molecule has 1 aliphatic rings. The Morgan fingerprint density at radius 3 is 2.81 bits per heavy atom. The fraction of sp³-hybridized carbons (Fsp3) is 0.353. The van der Waals surface area contributed by atoms with Crippen LogP contribution in [0, 0.1) is 6.92 Å². The molecule has 9 heteroatoms. The highest BCUT2D eigenvalue weighted by atomic mass is 79.9. The smallest absolute Gasteiger partial charge is 0.263 e. The van der Waals surface area contributed by atoms with Gasteiger partial charge < -0.3 is 9.64 Å². The summed E-state index contributed by atoms with van der Waals surface area (Å²) in [5, 5.41) is 0.205. The van der Waals surface area contributed by atoms with Crippen LogP contribution in [0.2, 0.25) is 5.15 Å². The van der Waals surface area contributed by atoms with Gasteiger partial charge in [-0.15, -0.1) is 0 Å². The number of likely N-dealkylation sites (tertiary alicyclic amines) is 1. The van der Waals surface area contributed by atoms with Crippen molar-refractivity contribution < 1.29 is 13.2 Å². The third kappa shape index (κ3) is 4.49. The van der Waals surface area contributed by atoms with Crippen molar-refractivity contribution in [2.24, 2.45) is 0 Å². The van der Waals surface area contributed by atoms with Gasteiger partial charge >= 0.3 is 0 Å². The third-order valence-corrected chi connectivity index (χ3v) is 6.65. The molecular weight excluding hydrogens is 442 g/mol. The number of halogens is 2. The first-order valence-electron chi connectivity index (χ1n) is 8.04. The second-order valence-electron chi connectivity index (χ2n) is 6.32. The lowest BCUT2D eigenvalue weighted by atomic mass is 10.2. The Hall–Kier alpha value is -1.35. The topological polar surface area (TPSA) is 71.5 Å². The number of sulfonamides is 1. The number of hydrogen-bond donors (Lipinski definition) is 1. The maximum absolute atomic E-state index is 12.6. The van der Waals surface area contributed by atoms with E-state index in [1.54, 1.807) is 12.1 Å². The third-order valence-electron chi connectivity index (χ3n) is 4.16. The molecule has 0 spiro atoms. The average molecular weight is 461 g/mol. The molecule has 0 radical (unpaired) electrons. The minimum atomic E-state index is -3.78. The van der Waals surface area contributed by atoms with Crippen molar-refractivity contribution in [2.75, 3.05) is 24.9 Å². The summed E-state index contributed by atoms with van der Waals surface area (Å²) in [6, 6.07) is 6.67. The van der Waals surface area contributed by atoms with E-state index in [4.69, 9.17) is 16.3 Å². The van der Waals surface area contributed by atoms with Crippen LogP contribution >= 0.6 is 27.5 Å². The predicted molar refractivity (Wildman–Crippen MR) is 105 cm³/mol. The van der Waals surface area contributed by atoms with E-state index in [1.165, 1.54) is 12.3 Å². The summed E-state index contributed by atoms with van der Waals surface area (Å²) >= 11 is 9.02. The number of hydrogen-bond acceptors (Lipinski definition) is 5. The van der Waals surface area contributed by atoms with Crippen LogP contribution in [-0.2, 0) is 10.0 Å². The van der Waals surface area contributed by atoms with E-state index in [0.29, 0.717) is 15.9 Å². The maximum atomic E-state index is 12.6. The van der Waals surface area contributed by atoms with Gasteiger partial charge in [-0.1, -0.05) is 17.7 Å². The monoisotopic (exact) mass is 459 g/mol. The minimum Gasteiger partial charge on any atom is -0.489 e. The van der Waals surface area contributed by atoms with Crippen molar-refractivity contribution in [1.82, 2.24) is 9.88 Å². The first kappa shape index (κ1) is 19.4. The molecule has 1 aliphatic heterocycles. The van der Waals surface area contributed by atoms with Gasteiger partial charge in [-0.25, -0.2) is 13.4 Å². The summed E-state index contributed by atoms with van der Waals surface area (Å²) in [7, 11) is -1.73. The van der Waals surface area contributed by atoms with Gasteiger partial charge in [-0.3, -0.25) is 4.72 Å². The number of pyridine rings is 1. The molecule has 0 saturated carbocycles. The van der Waals surface area contributed by atoms with Crippen LogP contribution in [0.4, 0.5) is 5.69 Å². The quantitative estimate of drug-likeness (QED) is 0.689. The Balaban J connectivity index is 1.80. The van der Waals surface area contributed by atoms with E-state index in [-0.39, 0.29) is 16.2 Å². The van der Waals surface area contributed by atoms with Gasteiger partial charge in [0.2, 0.25) is 0 Å². The molecule has 0 aliphatic carbocycles. The highest BCUT2D eigenvalue weighted by Gasteiger charge is 2.22. The molecular formula is C17H19BrClN3O3S. The zero-order valence-corrected chi connectivity index (χ0v) is 17.5. The number of benzene rings is 1. The first-order valence-corrected chi connectivity index (χ1v) is 10.7. The average Bonchev–Trinajstić information content (AvgIpc) is 2.98. The summed E-state index contributed by atoms with van der Waals surface area (Å²) in [6.07, 6.45) is 2.29. The number of ether oxygens (including phenoxy) is 1. The largest absolute Gasteiger partial charge is 0.489 e. The number of aromatic nitrogens is 1. The van der Waals surface area contributed by atoms with E-state index in [0.717, 1.165) is 25.1 Å². The molecule has 1 fully saturated rings. The molecule has 1 N–H and O–H groups in total.